The molecule has 1 fully saturated rings. The van der Waals surface area contributed by atoms with Gasteiger partial charge in [-0.3, -0.25) is 0 Å². The predicted octanol–water partition coefficient (Wildman–Crippen LogP) is 3.52. The van der Waals surface area contributed by atoms with Crippen LogP contribution in [0.2, 0.25) is 5.15 Å². The van der Waals surface area contributed by atoms with Gasteiger partial charge < -0.3 is 14.2 Å². The third-order valence-electron chi connectivity index (χ3n) is 3.70. The summed E-state index contributed by atoms with van der Waals surface area (Å²) < 4.78 is 7.45. The van der Waals surface area contributed by atoms with Gasteiger partial charge in [0.2, 0.25) is 0 Å². The van der Waals surface area contributed by atoms with Crippen LogP contribution in [-0.2, 0) is 4.74 Å². The molecule has 0 N–H and O–H groups in total. The molecule has 0 unspecified atom stereocenters. The third-order valence-corrected chi connectivity index (χ3v) is 3.89. The third kappa shape index (κ3) is 3.03. The number of nitrogens with zero attached hydrogens (tertiary/aromatic N) is 4. The number of aromatic nitrogens is 3. The fourth-order valence-corrected chi connectivity index (χ4v) is 2.74. The van der Waals surface area contributed by atoms with Gasteiger partial charge in [-0.2, -0.15) is 0 Å². The van der Waals surface area contributed by atoms with Gasteiger partial charge in [-0.1, -0.05) is 24.3 Å². The molecule has 3 rings (SSSR count). The normalized spacial score (nSPS) is 15.6. The number of carbonyl (C=O) groups is 1. The van der Waals surface area contributed by atoms with Crippen LogP contribution in [0.1, 0.15) is 32.4 Å². The number of ether oxygens (including phenoxy) is 1. The van der Waals surface area contributed by atoms with E-state index in [2.05, 4.69) is 21.3 Å². The summed E-state index contributed by atoms with van der Waals surface area (Å²) in [5.41, 5.74) is 2.08. The Morgan fingerprint density at radius 1 is 1.43 bits per heavy atom. The summed E-state index contributed by atoms with van der Waals surface area (Å²) in [5, 5.41) is 8.37. The predicted molar refractivity (Wildman–Crippen MR) is 89.5 cm³/mol. The minimum Gasteiger partial charge on any atom is -0.444 e. The quantitative estimate of drug-likeness (QED) is 0.843. The smallest absolute Gasteiger partial charge is 0.410 e. The van der Waals surface area contributed by atoms with Crippen LogP contribution in [0, 0.1) is 0 Å². The zero-order valence-corrected chi connectivity index (χ0v) is 14.2. The van der Waals surface area contributed by atoms with Gasteiger partial charge in [-0.05, 0) is 20.8 Å². The van der Waals surface area contributed by atoms with Gasteiger partial charge in [0.05, 0.1) is 11.6 Å². The molecule has 122 valence electrons. The first-order valence-corrected chi connectivity index (χ1v) is 7.80. The van der Waals surface area contributed by atoms with Gasteiger partial charge in [0.1, 0.15) is 11.1 Å². The maximum atomic E-state index is 12.0. The number of carbonyl (C=O) groups excluding carboxylic acids is 1. The first-order chi connectivity index (χ1) is 10.8. The Kier molecular flexibility index (Phi) is 3.80. The standard InChI is InChI=1S/C16H19ClN4O2/c1-5-10-7-21(12-6-13(17)18-19-14(10)12)11-8-20(9-11)15(22)23-16(2,3)4/h5-7,11H,1,8-9H2,2-4H3. The minimum absolute atomic E-state index is 0.166. The van der Waals surface area contributed by atoms with Crippen LogP contribution in [0.5, 0.6) is 0 Å². The summed E-state index contributed by atoms with van der Waals surface area (Å²) >= 11 is 5.96. The summed E-state index contributed by atoms with van der Waals surface area (Å²) in [6.07, 6.45) is 3.43. The SMILES string of the molecule is C=Cc1cn(C2CN(C(=O)OC(C)(C)C)C2)c2cc(Cl)nnc12. The second-order valence-corrected chi connectivity index (χ2v) is 7.02. The highest BCUT2D eigenvalue weighted by Crippen LogP contribution is 2.30. The molecule has 23 heavy (non-hydrogen) atoms. The van der Waals surface area contributed by atoms with Crippen LogP contribution in [0.4, 0.5) is 4.79 Å². The van der Waals surface area contributed by atoms with Gasteiger partial charge >= 0.3 is 6.09 Å². The van der Waals surface area contributed by atoms with Crippen molar-refractivity contribution in [2.45, 2.75) is 32.4 Å². The van der Waals surface area contributed by atoms with Crippen LogP contribution >= 0.6 is 11.6 Å². The molecule has 1 aliphatic heterocycles. The summed E-state index contributed by atoms with van der Waals surface area (Å²) in [5.74, 6) is 0. The van der Waals surface area contributed by atoms with E-state index in [1.807, 2.05) is 27.0 Å². The molecular formula is C16H19ClN4O2. The van der Waals surface area contributed by atoms with Crippen LogP contribution < -0.4 is 0 Å². The van der Waals surface area contributed by atoms with Crippen LogP contribution in [0.15, 0.2) is 18.8 Å². The Morgan fingerprint density at radius 2 is 2.13 bits per heavy atom. The van der Waals surface area contributed by atoms with E-state index >= 15 is 0 Å². The van der Waals surface area contributed by atoms with E-state index in [0.29, 0.717) is 18.2 Å². The second-order valence-electron chi connectivity index (χ2n) is 6.64. The highest BCUT2D eigenvalue weighted by molar-refractivity contribution is 6.29. The Labute approximate surface area is 139 Å². The average molecular weight is 335 g/mol. The number of hydrogen-bond donors (Lipinski definition) is 0. The highest BCUT2D eigenvalue weighted by Gasteiger charge is 2.35. The molecule has 0 aliphatic carbocycles. The van der Waals surface area contributed by atoms with Gasteiger partial charge in [0.15, 0.2) is 5.15 Å². The van der Waals surface area contributed by atoms with E-state index < -0.39 is 5.60 Å². The van der Waals surface area contributed by atoms with Gasteiger partial charge in [0, 0.05) is 30.9 Å². The molecule has 6 nitrogen and oxygen atoms in total. The molecule has 3 heterocycles. The lowest BCUT2D eigenvalue weighted by Crippen LogP contribution is -2.52. The zero-order chi connectivity index (χ0) is 16.8. The van der Waals surface area contributed by atoms with Crippen molar-refractivity contribution < 1.29 is 9.53 Å². The monoisotopic (exact) mass is 334 g/mol. The molecule has 1 amide bonds. The largest absolute Gasteiger partial charge is 0.444 e. The van der Waals surface area contributed by atoms with Crippen molar-refractivity contribution in [2.75, 3.05) is 13.1 Å². The number of halogens is 1. The molecule has 0 saturated carbocycles. The molecule has 0 aromatic carbocycles. The Morgan fingerprint density at radius 3 is 2.74 bits per heavy atom. The van der Waals surface area contributed by atoms with Gasteiger partial charge in [0.25, 0.3) is 0 Å². The molecule has 2 aromatic rings. The molecule has 0 radical (unpaired) electrons. The van der Waals surface area contributed by atoms with Crippen molar-refractivity contribution in [1.29, 1.82) is 0 Å². The summed E-state index contributed by atoms with van der Waals surface area (Å²) in [6, 6.07) is 1.95. The number of fused-ring (bicyclic) bond motifs is 1. The van der Waals surface area contributed by atoms with Crippen molar-refractivity contribution in [1.82, 2.24) is 19.7 Å². The molecule has 1 saturated heterocycles. The summed E-state index contributed by atoms with van der Waals surface area (Å²) in [4.78, 5) is 13.7. The topological polar surface area (TPSA) is 60.2 Å². The van der Waals surface area contributed by atoms with E-state index in [0.717, 1.165) is 16.6 Å². The molecule has 0 spiro atoms. The molecule has 0 atom stereocenters. The molecule has 7 heteroatoms. The first kappa shape index (κ1) is 15.8. The van der Waals surface area contributed by atoms with E-state index in [9.17, 15) is 4.79 Å². The number of hydrogen-bond acceptors (Lipinski definition) is 4. The fraction of sp³-hybridized carbons (Fsp3) is 0.438. The fourth-order valence-electron chi connectivity index (χ4n) is 2.60. The summed E-state index contributed by atoms with van der Waals surface area (Å²) in [6.45, 7) is 10.6. The lowest BCUT2D eigenvalue weighted by molar-refractivity contribution is 0.00157. The molecule has 1 aliphatic rings. The van der Waals surface area contributed by atoms with E-state index in [-0.39, 0.29) is 12.1 Å². The Bertz CT molecular complexity index is 772. The van der Waals surface area contributed by atoms with Crippen LogP contribution in [0.3, 0.4) is 0 Å². The number of likely N-dealkylation sites (tertiary alicyclic amines) is 1. The van der Waals surface area contributed by atoms with Crippen molar-refractivity contribution >= 4 is 34.8 Å². The van der Waals surface area contributed by atoms with Crippen LogP contribution in [0.25, 0.3) is 17.1 Å². The molecule has 2 aromatic heterocycles. The Balaban J connectivity index is 1.80. The van der Waals surface area contributed by atoms with E-state index in [1.165, 1.54) is 0 Å². The first-order valence-electron chi connectivity index (χ1n) is 7.42. The van der Waals surface area contributed by atoms with Crippen molar-refractivity contribution in [3.05, 3.63) is 29.6 Å². The van der Waals surface area contributed by atoms with Crippen molar-refractivity contribution in [2.24, 2.45) is 0 Å². The molecule has 0 bridgehead atoms. The number of amides is 1. The van der Waals surface area contributed by atoms with Gasteiger partial charge in [-0.25, -0.2) is 4.79 Å². The Hall–Kier alpha value is -2.08. The summed E-state index contributed by atoms with van der Waals surface area (Å²) in [7, 11) is 0. The van der Waals surface area contributed by atoms with Gasteiger partial charge in [-0.15, -0.1) is 10.2 Å². The second kappa shape index (κ2) is 5.53. The maximum Gasteiger partial charge on any atom is 0.410 e. The highest BCUT2D eigenvalue weighted by atomic mass is 35.5. The van der Waals surface area contributed by atoms with E-state index in [1.54, 1.807) is 17.0 Å². The van der Waals surface area contributed by atoms with Crippen molar-refractivity contribution in [3.8, 4) is 0 Å². The lowest BCUT2D eigenvalue weighted by atomic mass is 10.1. The maximum absolute atomic E-state index is 12.0. The number of rotatable bonds is 2. The molecular weight excluding hydrogens is 316 g/mol. The van der Waals surface area contributed by atoms with E-state index in [4.69, 9.17) is 16.3 Å². The lowest BCUT2D eigenvalue weighted by Gasteiger charge is -2.40. The minimum atomic E-state index is -0.485. The van der Waals surface area contributed by atoms with Crippen molar-refractivity contribution in [3.63, 3.8) is 0 Å². The van der Waals surface area contributed by atoms with Crippen LogP contribution in [-0.4, -0.2) is 44.4 Å². The average Bonchev–Trinajstić information content (AvgIpc) is 2.73. The zero-order valence-electron chi connectivity index (χ0n) is 13.4.